The number of hydrogen-bond donors (Lipinski definition) is 1. The first kappa shape index (κ1) is 14.5. The molecular weight excluding hydrogens is 350 g/mol. The minimum atomic E-state index is 0.0792. The summed E-state index contributed by atoms with van der Waals surface area (Å²) in [5.41, 5.74) is 4.53. The Morgan fingerprint density at radius 2 is 1.91 bits per heavy atom. The monoisotopic (exact) mass is 365 g/mol. The Kier molecular flexibility index (Phi) is 3.46. The fraction of sp³-hybridized carbons (Fsp3) is 0.150. The number of carbonyl (C=O) groups is 1. The summed E-state index contributed by atoms with van der Waals surface area (Å²) < 4.78 is 1.09. The van der Waals surface area contributed by atoms with Gasteiger partial charge in [-0.15, -0.1) is 0 Å². The molecule has 23 heavy (non-hydrogen) atoms. The molecule has 0 aromatic heterocycles. The molecule has 0 spiro atoms. The highest BCUT2D eigenvalue weighted by atomic mass is 79.9. The third-order valence-corrected chi connectivity index (χ3v) is 5.44. The summed E-state index contributed by atoms with van der Waals surface area (Å²) in [5, 5.41) is 5.33. The van der Waals surface area contributed by atoms with Gasteiger partial charge in [0.05, 0.1) is 5.69 Å². The van der Waals surface area contributed by atoms with E-state index in [1.807, 2.05) is 12.1 Å². The lowest BCUT2D eigenvalue weighted by Crippen LogP contribution is -2.23. The van der Waals surface area contributed by atoms with E-state index in [4.69, 9.17) is 0 Å². The van der Waals surface area contributed by atoms with Gasteiger partial charge in [0.2, 0.25) is 5.91 Å². The zero-order valence-electron chi connectivity index (χ0n) is 12.8. The van der Waals surface area contributed by atoms with Gasteiger partial charge in [-0.1, -0.05) is 64.5 Å². The van der Waals surface area contributed by atoms with Crippen LogP contribution in [0.3, 0.4) is 0 Å². The molecule has 4 rings (SSSR count). The maximum Gasteiger partial charge on any atom is 0.225 e. The third-order valence-electron chi connectivity index (χ3n) is 4.59. The Hall–Kier alpha value is -2.13. The smallest absolute Gasteiger partial charge is 0.225 e. The Morgan fingerprint density at radius 1 is 1.09 bits per heavy atom. The first-order chi connectivity index (χ1) is 11.1. The van der Waals surface area contributed by atoms with E-state index in [0.717, 1.165) is 20.9 Å². The summed E-state index contributed by atoms with van der Waals surface area (Å²) in [5.74, 6) is 0.177. The van der Waals surface area contributed by atoms with Gasteiger partial charge in [0.1, 0.15) is 0 Å². The van der Waals surface area contributed by atoms with Crippen LogP contribution in [0.15, 0.2) is 59.1 Å². The first-order valence-corrected chi connectivity index (χ1v) is 8.50. The van der Waals surface area contributed by atoms with Crippen LogP contribution in [0.4, 0.5) is 5.69 Å². The average Bonchev–Trinajstić information content (AvgIpc) is 2.56. The minimum absolute atomic E-state index is 0.0792. The van der Waals surface area contributed by atoms with Gasteiger partial charge in [-0.2, -0.15) is 0 Å². The van der Waals surface area contributed by atoms with Crippen LogP contribution in [0.2, 0.25) is 0 Å². The molecule has 0 bridgehead atoms. The van der Waals surface area contributed by atoms with E-state index in [0.29, 0.717) is 6.42 Å². The molecule has 3 heteroatoms. The lowest BCUT2D eigenvalue weighted by Gasteiger charge is -2.27. The zero-order chi connectivity index (χ0) is 16.0. The molecule has 114 valence electrons. The van der Waals surface area contributed by atoms with Gasteiger partial charge in [0.15, 0.2) is 0 Å². The van der Waals surface area contributed by atoms with Gasteiger partial charge in [-0.05, 0) is 35.1 Å². The fourth-order valence-corrected chi connectivity index (χ4v) is 3.72. The second-order valence-corrected chi connectivity index (χ2v) is 6.92. The van der Waals surface area contributed by atoms with Crippen LogP contribution < -0.4 is 5.32 Å². The topological polar surface area (TPSA) is 29.1 Å². The molecule has 3 aromatic carbocycles. The Morgan fingerprint density at radius 3 is 2.74 bits per heavy atom. The Bertz CT molecular complexity index is 932. The van der Waals surface area contributed by atoms with Crippen molar-refractivity contribution < 1.29 is 4.79 Å². The van der Waals surface area contributed by atoms with Gasteiger partial charge in [0.25, 0.3) is 0 Å². The number of fused-ring (bicyclic) bond motifs is 3. The number of benzene rings is 3. The summed E-state index contributed by atoms with van der Waals surface area (Å²) >= 11 is 3.61. The quantitative estimate of drug-likeness (QED) is 0.615. The van der Waals surface area contributed by atoms with Crippen LogP contribution in [-0.2, 0) is 4.79 Å². The number of carbonyl (C=O) groups excluding carboxylic acids is 1. The van der Waals surface area contributed by atoms with Crippen molar-refractivity contribution in [1.82, 2.24) is 0 Å². The van der Waals surface area contributed by atoms with Gasteiger partial charge in [-0.3, -0.25) is 4.79 Å². The molecular formula is C20H16BrNO. The summed E-state index contributed by atoms with van der Waals surface area (Å²) in [6.45, 7) is 2.07. The molecule has 0 aliphatic carbocycles. The molecule has 1 atom stereocenters. The van der Waals surface area contributed by atoms with E-state index in [1.54, 1.807) is 0 Å². The molecule has 1 amide bonds. The van der Waals surface area contributed by atoms with Crippen molar-refractivity contribution in [2.45, 2.75) is 19.3 Å². The van der Waals surface area contributed by atoms with Gasteiger partial charge in [-0.25, -0.2) is 0 Å². The molecule has 1 N–H and O–H groups in total. The zero-order valence-corrected chi connectivity index (χ0v) is 14.4. The van der Waals surface area contributed by atoms with Crippen molar-refractivity contribution in [1.29, 1.82) is 0 Å². The van der Waals surface area contributed by atoms with Crippen LogP contribution in [0.1, 0.15) is 29.0 Å². The third kappa shape index (κ3) is 2.45. The highest BCUT2D eigenvalue weighted by molar-refractivity contribution is 9.10. The predicted octanol–water partition coefficient (Wildman–Crippen LogP) is 5.38. The fourth-order valence-electron chi connectivity index (χ4n) is 3.33. The molecule has 1 aliphatic rings. The summed E-state index contributed by atoms with van der Waals surface area (Å²) in [7, 11) is 0. The molecule has 2 nitrogen and oxygen atoms in total. The van der Waals surface area contributed by atoms with Gasteiger partial charge < -0.3 is 5.32 Å². The van der Waals surface area contributed by atoms with E-state index < -0.39 is 0 Å². The Balaban J connectivity index is 1.92. The lowest BCUT2D eigenvalue weighted by atomic mass is 9.83. The van der Waals surface area contributed by atoms with Crippen LogP contribution in [-0.4, -0.2) is 5.91 Å². The largest absolute Gasteiger partial charge is 0.325 e. The molecule has 0 fully saturated rings. The molecule has 1 aliphatic heterocycles. The second kappa shape index (κ2) is 5.50. The van der Waals surface area contributed by atoms with Crippen molar-refractivity contribution in [3.8, 4) is 0 Å². The number of amides is 1. The normalized spacial score (nSPS) is 17.0. The lowest BCUT2D eigenvalue weighted by molar-refractivity contribution is -0.116. The number of anilines is 1. The van der Waals surface area contributed by atoms with Crippen LogP contribution in [0, 0.1) is 6.92 Å². The van der Waals surface area contributed by atoms with Gasteiger partial charge >= 0.3 is 0 Å². The van der Waals surface area contributed by atoms with Crippen LogP contribution in [0.25, 0.3) is 10.8 Å². The van der Waals surface area contributed by atoms with Crippen LogP contribution >= 0.6 is 15.9 Å². The molecule has 0 radical (unpaired) electrons. The van der Waals surface area contributed by atoms with Crippen molar-refractivity contribution in [3.05, 3.63) is 75.8 Å². The van der Waals surface area contributed by atoms with E-state index in [1.165, 1.54) is 16.7 Å². The van der Waals surface area contributed by atoms with Crippen molar-refractivity contribution in [2.24, 2.45) is 0 Å². The molecule has 1 heterocycles. The van der Waals surface area contributed by atoms with E-state index >= 15 is 0 Å². The minimum Gasteiger partial charge on any atom is -0.325 e. The van der Waals surface area contributed by atoms with E-state index in [2.05, 4.69) is 70.6 Å². The number of rotatable bonds is 1. The average molecular weight is 366 g/mol. The van der Waals surface area contributed by atoms with Crippen LogP contribution in [0.5, 0.6) is 0 Å². The van der Waals surface area contributed by atoms with Crippen molar-refractivity contribution >= 4 is 38.3 Å². The predicted molar refractivity (Wildman–Crippen MR) is 97.9 cm³/mol. The molecule has 0 saturated carbocycles. The van der Waals surface area contributed by atoms with Gasteiger partial charge in [0, 0.05) is 22.2 Å². The van der Waals surface area contributed by atoms with E-state index in [9.17, 15) is 4.79 Å². The molecule has 3 aromatic rings. The number of hydrogen-bond acceptors (Lipinski definition) is 1. The highest BCUT2D eigenvalue weighted by Crippen LogP contribution is 2.41. The number of aryl methyl sites for hydroxylation is 1. The maximum atomic E-state index is 12.3. The summed E-state index contributed by atoms with van der Waals surface area (Å²) in [6.07, 6.45) is 0.487. The maximum absolute atomic E-state index is 12.3. The molecule has 0 saturated heterocycles. The Labute approximate surface area is 143 Å². The van der Waals surface area contributed by atoms with E-state index in [-0.39, 0.29) is 11.8 Å². The first-order valence-electron chi connectivity index (χ1n) is 7.71. The number of nitrogens with one attached hydrogen (secondary N) is 1. The van der Waals surface area contributed by atoms with Crippen molar-refractivity contribution in [3.63, 3.8) is 0 Å². The second-order valence-electron chi connectivity index (χ2n) is 6.06. The summed E-state index contributed by atoms with van der Waals surface area (Å²) in [4.78, 5) is 12.3. The van der Waals surface area contributed by atoms with Crippen molar-refractivity contribution in [2.75, 3.05) is 5.32 Å². The summed E-state index contributed by atoms with van der Waals surface area (Å²) in [6, 6.07) is 18.8. The molecule has 0 unspecified atom stereocenters. The SMILES string of the molecule is Cc1ccc([C@H]2CC(=O)Nc3c2ccc2ccccc32)cc1Br. The number of halogens is 1. The standard InChI is InChI=1S/C20H16BrNO/c1-12-6-7-14(10-18(12)21)17-11-19(23)22-20-15-5-3-2-4-13(15)8-9-16(17)20/h2-10,17H,11H2,1H3,(H,22,23)/t17-/m1/s1. The highest BCUT2D eigenvalue weighted by Gasteiger charge is 2.27.